The summed E-state index contributed by atoms with van der Waals surface area (Å²) in [4.78, 5) is 12.5. The lowest BCUT2D eigenvalue weighted by Crippen LogP contribution is -2.25. The predicted molar refractivity (Wildman–Crippen MR) is 83.0 cm³/mol. The third kappa shape index (κ3) is 6.94. The summed E-state index contributed by atoms with van der Waals surface area (Å²) in [6.45, 7) is 0.862. The Kier molecular flexibility index (Phi) is 8.18. The van der Waals surface area contributed by atoms with Gasteiger partial charge in [-0.3, -0.25) is 4.90 Å². The summed E-state index contributed by atoms with van der Waals surface area (Å²) in [7, 11) is 2.03. The molecule has 0 radical (unpaired) electrons. The first-order valence-corrected chi connectivity index (χ1v) is 7.13. The van der Waals surface area contributed by atoms with Crippen molar-refractivity contribution in [3.8, 4) is 12.3 Å². The van der Waals surface area contributed by atoms with Crippen LogP contribution in [-0.4, -0.2) is 42.8 Å². The molecule has 1 aromatic carbocycles. The molecule has 1 atom stereocenters. The molecule has 0 aliphatic rings. The molecule has 0 aliphatic heterocycles. The summed E-state index contributed by atoms with van der Waals surface area (Å²) in [5.74, 6) is 1.75. The van der Waals surface area contributed by atoms with E-state index < -0.39 is 5.97 Å². The number of ether oxygens (including phenoxy) is 1. The molecule has 0 fully saturated rings. The number of nitrogens with zero attached hydrogens (tertiary/aromatic N) is 1. The molecule has 1 aromatic rings. The number of carboxylic acids is 1. The molecule has 114 valence electrons. The van der Waals surface area contributed by atoms with Crippen molar-refractivity contribution in [3.05, 3.63) is 35.9 Å². The number of rotatable bonds is 10. The summed E-state index contributed by atoms with van der Waals surface area (Å²) < 4.78 is 5.05. The van der Waals surface area contributed by atoms with E-state index in [0.717, 1.165) is 19.3 Å². The van der Waals surface area contributed by atoms with Gasteiger partial charge in [0.1, 0.15) is 6.61 Å². The molecule has 0 heterocycles. The van der Waals surface area contributed by atoms with Gasteiger partial charge in [0, 0.05) is 12.6 Å². The Morgan fingerprint density at radius 3 is 2.71 bits per heavy atom. The van der Waals surface area contributed by atoms with E-state index in [4.69, 9.17) is 16.3 Å². The van der Waals surface area contributed by atoms with Gasteiger partial charge in [-0.2, -0.15) is 0 Å². The predicted octanol–water partition coefficient (Wildman–Crippen LogP) is 2.56. The van der Waals surface area contributed by atoms with Crippen LogP contribution < -0.4 is 0 Å². The normalized spacial score (nSPS) is 12.0. The third-order valence-electron chi connectivity index (χ3n) is 3.30. The van der Waals surface area contributed by atoms with Crippen LogP contribution in [0, 0.1) is 12.3 Å². The molecule has 0 aliphatic carbocycles. The van der Waals surface area contributed by atoms with Gasteiger partial charge in [-0.25, -0.2) is 4.79 Å². The zero-order valence-electron chi connectivity index (χ0n) is 12.5. The molecule has 0 saturated carbocycles. The monoisotopic (exact) mass is 289 g/mol. The molecule has 4 heteroatoms. The maximum absolute atomic E-state index is 10.3. The number of hydrogen-bond acceptors (Lipinski definition) is 3. The van der Waals surface area contributed by atoms with E-state index in [9.17, 15) is 4.79 Å². The number of carbonyl (C=O) groups is 1. The average Bonchev–Trinajstić information content (AvgIpc) is 2.47. The van der Waals surface area contributed by atoms with E-state index in [1.807, 2.05) is 25.2 Å². The van der Waals surface area contributed by atoms with E-state index >= 15 is 0 Å². The lowest BCUT2D eigenvalue weighted by molar-refractivity contribution is -0.142. The Bertz CT molecular complexity index is 453. The summed E-state index contributed by atoms with van der Waals surface area (Å²) in [5, 5.41) is 8.49. The zero-order valence-corrected chi connectivity index (χ0v) is 12.5. The van der Waals surface area contributed by atoms with Crippen LogP contribution in [0.5, 0.6) is 0 Å². The third-order valence-corrected chi connectivity index (χ3v) is 3.30. The van der Waals surface area contributed by atoms with Gasteiger partial charge in [0.2, 0.25) is 0 Å². The Hall–Kier alpha value is -1.83. The van der Waals surface area contributed by atoms with E-state index in [2.05, 4.69) is 23.0 Å². The second-order valence-electron chi connectivity index (χ2n) is 4.99. The highest BCUT2D eigenvalue weighted by Gasteiger charge is 2.15. The molecule has 21 heavy (non-hydrogen) atoms. The Morgan fingerprint density at radius 1 is 1.38 bits per heavy atom. The highest BCUT2D eigenvalue weighted by molar-refractivity contribution is 5.67. The first-order chi connectivity index (χ1) is 10.1. The first kappa shape index (κ1) is 17.2. The fourth-order valence-electron chi connectivity index (χ4n) is 2.27. The van der Waals surface area contributed by atoms with Crippen molar-refractivity contribution in [2.75, 3.05) is 26.8 Å². The number of carboxylic acid groups (broad SMARTS) is 1. The smallest absolute Gasteiger partial charge is 0.329 e. The Labute approximate surface area is 126 Å². The van der Waals surface area contributed by atoms with Crippen molar-refractivity contribution in [1.29, 1.82) is 0 Å². The lowest BCUT2D eigenvalue weighted by atomic mass is 10.00. The van der Waals surface area contributed by atoms with Gasteiger partial charge >= 0.3 is 5.97 Å². The molecule has 0 saturated heterocycles. The average molecular weight is 289 g/mol. The fraction of sp³-hybridized carbons (Fsp3) is 0.471. The van der Waals surface area contributed by atoms with Gasteiger partial charge < -0.3 is 9.84 Å². The quantitative estimate of drug-likeness (QED) is 0.531. The van der Waals surface area contributed by atoms with Crippen LogP contribution in [-0.2, 0) is 9.53 Å². The van der Waals surface area contributed by atoms with Crippen molar-refractivity contribution < 1.29 is 14.6 Å². The topological polar surface area (TPSA) is 49.8 Å². The van der Waals surface area contributed by atoms with Crippen molar-refractivity contribution in [3.63, 3.8) is 0 Å². The Balaban J connectivity index is 2.44. The van der Waals surface area contributed by atoms with Gasteiger partial charge in [-0.15, -0.1) is 6.42 Å². The molecule has 0 aromatic heterocycles. The number of aliphatic carboxylic acids is 1. The van der Waals surface area contributed by atoms with Crippen molar-refractivity contribution >= 4 is 5.97 Å². The SMILES string of the molecule is C#CCN(C)C(CCCCOCC(=O)O)c1ccccc1. The molecule has 0 spiro atoms. The van der Waals surface area contributed by atoms with Crippen LogP contribution in [0.15, 0.2) is 30.3 Å². The van der Waals surface area contributed by atoms with E-state index in [0.29, 0.717) is 13.2 Å². The van der Waals surface area contributed by atoms with Gasteiger partial charge in [-0.1, -0.05) is 36.3 Å². The minimum absolute atomic E-state index is 0.223. The first-order valence-electron chi connectivity index (χ1n) is 7.13. The molecule has 1 unspecified atom stereocenters. The molecular formula is C17H23NO3. The number of unbranched alkanes of at least 4 members (excludes halogenated alkanes) is 1. The maximum atomic E-state index is 10.3. The molecular weight excluding hydrogens is 266 g/mol. The summed E-state index contributed by atoms with van der Waals surface area (Å²) >= 11 is 0. The number of hydrogen-bond donors (Lipinski definition) is 1. The Morgan fingerprint density at radius 2 is 2.10 bits per heavy atom. The van der Waals surface area contributed by atoms with Crippen LogP contribution in [0.25, 0.3) is 0 Å². The van der Waals surface area contributed by atoms with Crippen LogP contribution in [0.1, 0.15) is 30.9 Å². The maximum Gasteiger partial charge on any atom is 0.329 e. The second kappa shape index (κ2) is 9.98. The van der Waals surface area contributed by atoms with Gasteiger partial charge in [0.15, 0.2) is 0 Å². The highest BCUT2D eigenvalue weighted by atomic mass is 16.5. The standard InChI is InChI=1S/C17H23NO3/c1-3-12-18(2)16(15-9-5-4-6-10-15)11-7-8-13-21-14-17(19)20/h1,4-6,9-10,16H,7-8,11-14H2,2H3,(H,19,20). The number of terminal acetylenes is 1. The van der Waals surface area contributed by atoms with Crippen LogP contribution >= 0.6 is 0 Å². The number of benzene rings is 1. The zero-order chi connectivity index (χ0) is 15.5. The lowest BCUT2D eigenvalue weighted by Gasteiger charge is -2.27. The van der Waals surface area contributed by atoms with Gasteiger partial charge in [-0.05, 0) is 31.9 Å². The summed E-state index contributed by atoms with van der Waals surface area (Å²) in [6, 6.07) is 10.6. The van der Waals surface area contributed by atoms with Crippen LogP contribution in [0.2, 0.25) is 0 Å². The largest absolute Gasteiger partial charge is 0.480 e. The van der Waals surface area contributed by atoms with Crippen molar-refractivity contribution in [1.82, 2.24) is 4.90 Å². The fourth-order valence-corrected chi connectivity index (χ4v) is 2.27. The summed E-state index contributed by atoms with van der Waals surface area (Å²) in [5.41, 5.74) is 1.25. The molecule has 0 bridgehead atoms. The van der Waals surface area contributed by atoms with Crippen molar-refractivity contribution in [2.24, 2.45) is 0 Å². The molecule has 0 amide bonds. The molecule has 1 N–H and O–H groups in total. The van der Waals surface area contributed by atoms with Crippen LogP contribution in [0.4, 0.5) is 0 Å². The summed E-state index contributed by atoms with van der Waals surface area (Å²) in [6.07, 6.45) is 8.19. The van der Waals surface area contributed by atoms with Gasteiger partial charge in [0.25, 0.3) is 0 Å². The van der Waals surface area contributed by atoms with E-state index in [1.165, 1.54) is 5.56 Å². The minimum Gasteiger partial charge on any atom is -0.480 e. The van der Waals surface area contributed by atoms with Crippen molar-refractivity contribution in [2.45, 2.75) is 25.3 Å². The highest BCUT2D eigenvalue weighted by Crippen LogP contribution is 2.24. The van der Waals surface area contributed by atoms with Gasteiger partial charge in [0.05, 0.1) is 6.54 Å². The molecule has 4 nitrogen and oxygen atoms in total. The van der Waals surface area contributed by atoms with E-state index in [1.54, 1.807) is 0 Å². The van der Waals surface area contributed by atoms with E-state index in [-0.39, 0.29) is 12.6 Å². The second-order valence-corrected chi connectivity index (χ2v) is 4.99. The minimum atomic E-state index is -0.925. The molecule has 1 rings (SSSR count). The van der Waals surface area contributed by atoms with Crippen LogP contribution in [0.3, 0.4) is 0 Å².